The predicted molar refractivity (Wildman–Crippen MR) is 76.3 cm³/mol. The summed E-state index contributed by atoms with van der Waals surface area (Å²) in [5, 5.41) is 12.3. The molecule has 1 aromatic heterocycles. The molecular formula is C15H17N3O2. The number of hydrogen-bond acceptors (Lipinski definition) is 4. The number of hydrogen-bond donors (Lipinski definition) is 3. The molecule has 0 unspecified atom stereocenters. The molecule has 0 aliphatic rings. The van der Waals surface area contributed by atoms with E-state index in [9.17, 15) is 9.90 Å². The van der Waals surface area contributed by atoms with E-state index in [0.29, 0.717) is 13.1 Å². The number of aromatic nitrogens is 1. The quantitative estimate of drug-likeness (QED) is 0.763. The van der Waals surface area contributed by atoms with Gasteiger partial charge in [0, 0.05) is 12.7 Å². The SMILES string of the molecule is NCCc1ccc(CNC(=O)c2ncccc2O)cc1. The fourth-order valence-corrected chi connectivity index (χ4v) is 1.83. The van der Waals surface area contributed by atoms with Crippen LogP contribution < -0.4 is 11.1 Å². The van der Waals surface area contributed by atoms with E-state index in [-0.39, 0.29) is 11.4 Å². The van der Waals surface area contributed by atoms with Crippen molar-refractivity contribution in [3.63, 3.8) is 0 Å². The van der Waals surface area contributed by atoms with E-state index in [1.807, 2.05) is 24.3 Å². The molecule has 4 N–H and O–H groups in total. The summed E-state index contributed by atoms with van der Waals surface area (Å²) >= 11 is 0. The number of nitrogens with zero attached hydrogens (tertiary/aromatic N) is 1. The van der Waals surface area contributed by atoms with Crippen LogP contribution in [-0.2, 0) is 13.0 Å². The van der Waals surface area contributed by atoms with Crippen molar-refractivity contribution in [3.05, 3.63) is 59.4 Å². The lowest BCUT2D eigenvalue weighted by Gasteiger charge is -2.07. The van der Waals surface area contributed by atoms with E-state index in [4.69, 9.17) is 5.73 Å². The number of aromatic hydroxyl groups is 1. The Bertz CT molecular complexity index is 582. The van der Waals surface area contributed by atoms with Crippen molar-refractivity contribution in [2.24, 2.45) is 5.73 Å². The number of rotatable bonds is 5. The summed E-state index contributed by atoms with van der Waals surface area (Å²) in [6, 6.07) is 10.9. The Morgan fingerprint density at radius 3 is 2.55 bits per heavy atom. The van der Waals surface area contributed by atoms with Gasteiger partial charge in [0.25, 0.3) is 5.91 Å². The lowest BCUT2D eigenvalue weighted by Crippen LogP contribution is -2.23. The van der Waals surface area contributed by atoms with Crippen LogP contribution in [0.3, 0.4) is 0 Å². The average Bonchev–Trinajstić information content (AvgIpc) is 2.47. The highest BCUT2D eigenvalue weighted by Gasteiger charge is 2.11. The third-order valence-electron chi connectivity index (χ3n) is 2.91. The number of nitrogens with two attached hydrogens (primary N) is 1. The second-order valence-corrected chi connectivity index (χ2v) is 4.41. The molecular weight excluding hydrogens is 254 g/mol. The monoisotopic (exact) mass is 271 g/mol. The van der Waals surface area contributed by atoms with Crippen molar-refractivity contribution in [2.45, 2.75) is 13.0 Å². The second kappa shape index (κ2) is 6.68. The molecule has 0 fully saturated rings. The van der Waals surface area contributed by atoms with Crippen LogP contribution >= 0.6 is 0 Å². The molecule has 2 rings (SSSR count). The van der Waals surface area contributed by atoms with Crippen molar-refractivity contribution < 1.29 is 9.90 Å². The number of carbonyl (C=O) groups excluding carboxylic acids is 1. The fourth-order valence-electron chi connectivity index (χ4n) is 1.83. The van der Waals surface area contributed by atoms with Crippen molar-refractivity contribution in [1.29, 1.82) is 0 Å². The third-order valence-corrected chi connectivity index (χ3v) is 2.91. The van der Waals surface area contributed by atoms with Crippen molar-refractivity contribution in [1.82, 2.24) is 10.3 Å². The molecule has 0 saturated heterocycles. The van der Waals surface area contributed by atoms with Gasteiger partial charge >= 0.3 is 0 Å². The van der Waals surface area contributed by atoms with Crippen LogP contribution in [0.1, 0.15) is 21.6 Å². The Morgan fingerprint density at radius 2 is 1.90 bits per heavy atom. The average molecular weight is 271 g/mol. The van der Waals surface area contributed by atoms with Gasteiger partial charge in [-0.3, -0.25) is 4.79 Å². The molecule has 0 bridgehead atoms. The Kier molecular flexibility index (Phi) is 4.68. The van der Waals surface area contributed by atoms with Gasteiger partial charge in [-0.25, -0.2) is 4.98 Å². The molecule has 0 spiro atoms. The van der Waals surface area contributed by atoms with Gasteiger partial charge in [-0.2, -0.15) is 0 Å². The minimum absolute atomic E-state index is 0.0345. The van der Waals surface area contributed by atoms with E-state index in [1.54, 1.807) is 6.07 Å². The highest BCUT2D eigenvalue weighted by atomic mass is 16.3. The summed E-state index contributed by atoms with van der Waals surface area (Å²) in [5.41, 5.74) is 7.67. The van der Waals surface area contributed by atoms with Crippen LogP contribution in [0.4, 0.5) is 0 Å². The molecule has 0 aliphatic carbocycles. The lowest BCUT2D eigenvalue weighted by molar-refractivity contribution is 0.0943. The van der Waals surface area contributed by atoms with Crippen molar-refractivity contribution in [3.8, 4) is 5.75 Å². The molecule has 1 heterocycles. The van der Waals surface area contributed by atoms with Crippen LogP contribution in [0.5, 0.6) is 5.75 Å². The molecule has 0 saturated carbocycles. The first-order valence-electron chi connectivity index (χ1n) is 6.41. The number of benzene rings is 1. The highest BCUT2D eigenvalue weighted by Crippen LogP contribution is 2.12. The molecule has 5 heteroatoms. The van der Waals surface area contributed by atoms with E-state index in [2.05, 4.69) is 10.3 Å². The van der Waals surface area contributed by atoms with Crippen molar-refractivity contribution in [2.75, 3.05) is 6.54 Å². The van der Waals surface area contributed by atoms with Gasteiger partial charge in [0.1, 0.15) is 5.75 Å². The molecule has 0 atom stereocenters. The normalized spacial score (nSPS) is 10.2. The van der Waals surface area contributed by atoms with Crippen LogP contribution in [-0.4, -0.2) is 22.5 Å². The summed E-state index contributed by atoms with van der Waals surface area (Å²) in [5.74, 6) is -0.516. The van der Waals surface area contributed by atoms with Gasteiger partial charge in [0.2, 0.25) is 0 Å². The predicted octanol–water partition coefficient (Wildman–Crippen LogP) is 1.22. The van der Waals surface area contributed by atoms with E-state index >= 15 is 0 Å². The molecule has 1 amide bonds. The Balaban J connectivity index is 1.95. The summed E-state index contributed by atoms with van der Waals surface area (Å²) < 4.78 is 0. The number of nitrogens with one attached hydrogen (secondary N) is 1. The highest BCUT2D eigenvalue weighted by molar-refractivity contribution is 5.94. The maximum atomic E-state index is 11.9. The first-order valence-corrected chi connectivity index (χ1v) is 6.41. The van der Waals surface area contributed by atoms with Gasteiger partial charge in [0.05, 0.1) is 0 Å². The zero-order valence-electron chi connectivity index (χ0n) is 11.0. The fraction of sp³-hybridized carbons (Fsp3) is 0.200. The lowest BCUT2D eigenvalue weighted by atomic mass is 10.1. The molecule has 5 nitrogen and oxygen atoms in total. The third kappa shape index (κ3) is 3.55. The van der Waals surface area contributed by atoms with Gasteiger partial charge < -0.3 is 16.2 Å². The summed E-state index contributed by atoms with van der Waals surface area (Å²) in [4.78, 5) is 15.7. The molecule has 20 heavy (non-hydrogen) atoms. The topological polar surface area (TPSA) is 88.2 Å². The zero-order valence-corrected chi connectivity index (χ0v) is 11.0. The van der Waals surface area contributed by atoms with Gasteiger partial charge in [0.15, 0.2) is 5.69 Å². The molecule has 1 aromatic carbocycles. The van der Waals surface area contributed by atoms with E-state index < -0.39 is 5.91 Å². The minimum Gasteiger partial charge on any atom is -0.505 e. The Morgan fingerprint density at radius 1 is 1.20 bits per heavy atom. The molecule has 104 valence electrons. The maximum Gasteiger partial charge on any atom is 0.273 e. The van der Waals surface area contributed by atoms with Crippen LogP contribution in [0.25, 0.3) is 0 Å². The van der Waals surface area contributed by atoms with E-state index in [1.165, 1.54) is 17.8 Å². The first kappa shape index (κ1) is 14.0. The Labute approximate surface area is 117 Å². The summed E-state index contributed by atoms with van der Waals surface area (Å²) in [6.07, 6.45) is 2.31. The first-order chi connectivity index (χ1) is 9.70. The van der Waals surface area contributed by atoms with Gasteiger partial charge in [-0.1, -0.05) is 24.3 Å². The maximum absolute atomic E-state index is 11.9. The number of pyridine rings is 1. The standard InChI is InChI=1S/C15H17N3O2/c16-8-7-11-3-5-12(6-4-11)10-18-15(20)14-13(19)2-1-9-17-14/h1-6,9,19H,7-8,10,16H2,(H,18,20). The van der Waals surface area contributed by atoms with Crippen LogP contribution in [0, 0.1) is 0 Å². The summed E-state index contributed by atoms with van der Waals surface area (Å²) in [6.45, 7) is 1.01. The zero-order chi connectivity index (χ0) is 14.4. The number of amides is 1. The van der Waals surface area contributed by atoms with Crippen molar-refractivity contribution >= 4 is 5.91 Å². The molecule has 2 aromatic rings. The largest absolute Gasteiger partial charge is 0.505 e. The Hall–Kier alpha value is -2.40. The van der Waals surface area contributed by atoms with Gasteiger partial charge in [-0.05, 0) is 36.2 Å². The molecule has 0 radical (unpaired) electrons. The van der Waals surface area contributed by atoms with E-state index in [0.717, 1.165) is 12.0 Å². The molecule has 0 aliphatic heterocycles. The smallest absolute Gasteiger partial charge is 0.273 e. The van der Waals surface area contributed by atoms with Crippen LogP contribution in [0.2, 0.25) is 0 Å². The second-order valence-electron chi connectivity index (χ2n) is 4.41. The van der Waals surface area contributed by atoms with Gasteiger partial charge in [-0.15, -0.1) is 0 Å². The summed E-state index contributed by atoms with van der Waals surface area (Å²) in [7, 11) is 0. The minimum atomic E-state index is -0.394. The van der Waals surface area contributed by atoms with Crippen LogP contribution in [0.15, 0.2) is 42.6 Å². The number of carbonyl (C=O) groups is 1.